The standard InChI is InChI=1S/C66H38N6O/c67-39-40-24-30-60-50(34-40)48-16-3-7-22-58(48)72(60)45-27-29-53-63(38-45)73-62-36-42(25-28-52(62)66(53)54-18-10-32-68-64(54)65-55(66)19-11-33-69-65)41-26-31-61-51(35-41)49-17-4-8-23-59(49)71(61)44-13-9-12-43(37-44)70-56-20-5-1-14-46(56)47-15-2-6-21-57(47)70/h1-38H. The van der Waals surface area contributed by atoms with Crippen molar-refractivity contribution in [3.8, 4) is 57.1 Å². The number of fused-ring (bicyclic) bond motifs is 18. The molecule has 0 radical (unpaired) electrons. The number of para-hydroxylation sites is 4. The van der Waals surface area contributed by atoms with E-state index in [2.05, 4.69) is 214 Å². The first-order chi connectivity index (χ1) is 36.2. The molecule has 0 N–H and O–H groups in total. The van der Waals surface area contributed by atoms with Crippen molar-refractivity contribution >= 4 is 65.4 Å². The highest BCUT2D eigenvalue weighted by atomic mass is 16.5. The maximum absolute atomic E-state index is 9.87. The van der Waals surface area contributed by atoms with Crippen LogP contribution in [0, 0.1) is 11.3 Å². The zero-order valence-electron chi connectivity index (χ0n) is 39.0. The topological polar surface area (TPSA) is 73.6 Å². The molecule has 16 rings (SSSR count). The van der Waals surface area contributed by atoms with Crippen LogP contribution in [0.1, 0.15) is 27.8 Å². The summed E-state index contributed by atoms with van der Waals surface area (Å²) in [6.45, 7) is 0. The van der Waals surface area contributed by atoms with Gasteiger partial charge in [-0.05, 0) is 119 Å². The molecular formula is C66H38N6O. The Balaban J connectivity index is 0.872. The van der Waals surface area contributed by atoms with Gasteiger partial charge in [0, 0.05) is 79.0 Å². The van der Waals surface area contributed by atoms with Gasteiger partial charge in [-0.2, -0.15) is 5.26 Å². The molecule has 0 amide bonds. The molecule has 0 unspecified atom stereocenters. The van der Waals surface area contributed by atoms with Crippen molar-refractivity contribution in [1.82, 2.24) is 23.7 Å². The fourth-order valence-corrected chi connectivity index (χ4v) is 12.6. The largest absolute Gasteiger partial charge is 0.457 e. The number of aromatic nitrogens is 5. The highest BCUT2D eigenvalue weighted by Crippen LogP contribution is 2.62. The number of rotatable bonds is 4. The number of nitriles is 1. The van der Waals surface area contributed by atoms with Crippen LogP contribution in [0.5, 0.6) is 11.5 Å². The average Bonchev–Trinajstić information content (AvgIpc) is 4.17. The smallest absolute Gasteiger partial charge is 0.134 e. The van der Waals surface area contributed by atoms with E-state index < -0.39 is 5.41 Å². The van der Waals surface area contributed by atoms with E-state index >= 15 is 0 Å². The van der Waals surface area contributed by atoms with Gasteiger partial charge in [-0.15, -0.1) is 0 Å². The summed E-state index contributed by atoms with van der Waals surface area (Å²) in [7, 11) is 0. The van der Waals surface area contributed by atoms with Crippen molar-refractivity contribution in [2.45, 2.75) is 5.41 Å². The van der Waals surface area contributed by atoms with Gasteiger partial charge in [0.15, 0.2) is 0 Å². The lowest BCUT2D eigenvalue weighted by Gasteiger charge is -2.39. The van der Waals surface area contributed by atoms with E-state index in [1.165, 1.54) is 32.6 Å². The molecule has 7 nitrogen and oxygen atoms in total. The van der Waals surface area contributed by atoms with Crippen molar-refractivity contribution in [1.29, 1.82) is 5.26 Å². The summed E-state index contributed by atoms with van der Waals surface area (Å²) in [4.78, 5) is 9.98. The Morgan fingerprint density at radius 1 is 0.356 bits per heavy atom. The molecule has 6 heterocycles. The van der Waals surface area contributed by atoms with E-state index in [9.17, 15) is 5.26 Å². The molecule has 7 heteroatoms. The zero-order chi connectivity index (χ0) is 47.9. The van der Waals surface area contributed by atoms with Gasteiger partial charge in [0.1, 0.15) is 11.5 Å². The first-order valence-corrected chi connectivity index (χ1v) is 24.6. The third-order valence-electron chi connectivity index (χ3n) is 15.6. The summed E-state index contributed by atoms with van der Waals surface area (Å²) in [6, 6.07) is 80.3. The van der Waals surface area contributed by atoms with Crippen LogP contribution in [0.4, 0.5) is 0 Å². The van der Waals surface area contributed by atoms with E-state index in [1.807, 2.05) is 36.7 Å². The number of hydrogen-bond acceptors (Lipinski definition) is 4. The van der Waals surface area contributed by atoms with Gasteiger partial charge < -0.3 is 18.4 Å². The summed E-state index contributed by atoms with van der Waals surface area (Å²) in [6.07, 6.45) is 3.72. The van der Waals surface area contributed by atoms with E-state index in [0.29, 0.717) is 5.56 Å². The summed E-state index contributed by atoms with van der Waals surface area (Å²) in [5, 5.41) is 16.8. The number of nitrogens with zero attached hydrogens (tertiary/aromatic N) is 6. The lowest BCUT2D eigenvalue weighted by atomic mass is 9.66. The van der Waals surface area contributed by atoms with Crippen LogP contribution >= 0.6 is 0 Å². The fourth-order valence-electron chi connectivity index (χ4n) is 12.6. The first-order valence-electron chi connectivity index (χ1n) is 24.6. The van der Waals surface area contributed by atoms with Gasteiger partial charge in [0.25, 0.3) is 0 Å². The quantitative estimate of drug-likeness (QED) is 0.176. The molecule has 0 fully saturated rings. The molecule has 2 aliphatic rings. The van der Waals surface area contributed by atoms with Gasteiger partial charge >= 0.3 is 0 Å². The first kappa shape index (κ1) is 39.8. The maximum Gasteiger partial charge on any atom is 0.134 e. The second-order valence-corrected chi connectivity index (χ2v) is 19.2. The number of ether oxygens (including phenoxy) is 1. The molecular weight excluding hydrogens is 893 g/mol. The monoisotopic (exact) mass is 930 g/mol. The van der Waals surface area contributed by atoms with Crippen LogP contribution in [0.2, 0.25) is 0 Å². The molecule has 0 atom stereocenters. The van der Waals surface area contributed by atoms with Crippen molar-refractivity contribution in [3.63, 3.8) is 0 Å². The minimum absolute atomic E-state index is 0.630. The van der Waals surface area contributed by atoms with Crippen molar-refractivity contribution in [3.05, 3.63) is 259 Å². The minimum Gasteiger partial charge on any atom is -0.457 e. The summed E-state index contributed by atoms with van der Waals surface area (Å²) in [5.41, 5.74) is 17.9. The Bertz CT molecular complexity index is 4660. The van der Waals surface area contributed by atoms with Crippen molar-refractivity contribution in [2.24, 2.45) is 0 Å². The van der Waals surface area contributed by atoms with E-state index in [-0.39, 0.29) is 0 Å². The Morgan fingerprint density at radius 2 is 0.808 bits per heavy atom. The molecule has 9 aromatic carbocycles. The normalized spacial score (nSPS) is 13.1. The van der Waals surface area contributed by atoms with Gasteiger partial charge in [0.05, 0.1) is 61.5 Å². The fraction of sp³-hybridized carbons (Fsp3) is 0.0152. The van der Waals surface area contributed by atoms with Gasteiger partial charge in [-0.3, -0.25) is 9.97 Å². The van der Waals surface area contributed by atoms with Gasteiger partial charge in [-0.25, -0.2) is 0 Å². The molecule has 0 bridgehead atoms. The molecule has 338 valence electrons. The number of hydrogen-bond donors (Lipinski definition) is 0. The molecule has 14 aromatic rings. The highest BCUT2D eigenvalue weighted by Gasteiger charge is 2.52. The molecule has 0 saturated carbocycles. The minimum atomic E-state index is -0.749. The summed E-state index contributed by atoms with van der Waals surface area (Å²) < 4.78 is 14.3. The second-order valence-electron chi connectivity index (χ2n) is 19.2. The second kappa shape index (κ2) is 14.8. The summed E-state index contributed by atoms with van der Waals surface area (Å²) >= 11 is 0. The van der Waals surface area contributed by atoms with Crippen molar-refractivity contribution in [2.75, 3.05) is 0 Å². The Labute approximate surface area is 418 Å². The molecule has 1 aliphatic heterocycles. The molecule has 73 heavy (non-hydrogen) atoms. The number of pyridine rings is 2. The lowest BCUT2D eigenvalue weighted by Crippen LogP contribution is -2.32. The van der Waals surface area contributed by atoms with E-state index in [1.54, 1.807) is 0 Å². The van der Waals surface area contributed by atoms with Crippen LogP contribution in [0.15, 0.2) is 231 Å². The molecule has 5 aromatic heterocycles. The molecule has 0 saturated heterocycles. The average molecular weight is 931 g/mol. The van der Waals surface area contributed by atoms with Crippen LogP contribution in [0.3, 0.4) is 0 Å². The SMILES string of the molecule is N#Cc1ccc2c(c1)c1ccccc1n2-c1ccc2c(c1)Oc1cc(-c3ccc4c(c3)c3ccccc3n4-c3cccc(-n4c5ccccc5c5ccccc54)c3)ccc1C21c2cccnc2-c2ncccc21. The van der Waals surface area contributed by atoms with Crippen LogP contribution < -0.4 is 4.74 Å². The Hall–Kier alpha value is -10.0. The Kier molecular flexibility index (Phi) is 8.04. The van der Waals surface area contributed by atoms with Crippen LogP contribution in [-0.2, 0) is 5.41 Å². The van der Waals surface area contributed by atoms with Crippen LogP contribution in [-0.4, -0.2) is 23.7 Å². The molecule has 1 aliphatic carbocycles. The number of benzene rings is 9. The van der Waals surface area contributed by atoms with Gasteiger partial charge in [-0.1, -0.05) is 115 Å². The predicted molar refractivity (Wildman–Crippen MR) is 293 cm³/mol. The summed E-state index contributed by atoms with van der Waals surface area (Å²) in [5.74, 6) is 1.54. The lowest BCUT2D eigenvalue weighted by molar-refractivity contribution is 0.436. The third kappa shape index (κ3) is 5.36. The maximum atomic E-state index is 9.87. The predicted octanol–water partition coefficient (Wildman–Crippen LogP) is 15.8. The molecule has 1 spiro atoms. The highest BCUT2D eigenvalue weighted by molar-refractivity contribution is 6.12. The zero-order valence-corrected chi connectivity index (χ0v) is 39.0. The van der Waals surface area contributed by atoms with Crippen LogP contribution in [0.25, 0.3) is 105 Å². The van der Waals surface area contributed by atoms with E-state index in [4.69, 9.17) is 14.7 Å². The Morgan fingerprint density at radius 3 is 1.38 bits per heavy atom. The van der Waals surface area contributed by atoms with E-state index in [0.717, 1.165) is 106 Å². The third-order valence-corrected chi connectivity index (χ3v) is 15.6. The van der Waals surface area contributed by atoms with Gasteiger partial charge in [0.2, 0.25) is 0 Å². The van der Waals surface area contributed by atoms with Crippen molar-refractivity contribution < 1.29 is 4.74 Å².